The lowest BCUT2D eigenvalue weighted by Gasteiger charge is -2.25. The highest BCUT2D eigenvalue weighted by Gasteiger charge is 2.29. The van der Waals surface area contributed by atoms with Gasteiger partial charge in [0.25, 0.3) is 0 Å². The van der Waals surface area contributed by atoms with Crippen molar-refractivity contribution in [2.24, 2.45) is 0 Å². The molecule has 0 bridgehead atoms. The Labute approximate surface area is 181 Å². The van der Waals surface area contributed by atoms with Crippen molar-refractivity contribution in [3.05, 3.63) is 40.1 Å². The summed E-state index contributed by atoms with van der Waals surface area (Å²) >= 11 is 2.85. The van der Waals surface area contributed by atoms with E-state index in [0.717, 1.165) is 35.7 Å². The Bertz CT molecular complexity index is 1020. The zero-order valence-corrected chi connectivity index (χ0v) is 18.0. The number of nitrogens with zero attached hydrogens (tertiary/aromatic N) is 5. The summed E-state index contributed by atoms with van der Waals surface area (Å²) in [5.74, 6) is 0.258. The third-order valence-electron chi connectivity index (χ3n) is 4.85. The molecule has 2 atom stereocenters. The molecule has 3 aromatic rings. The van der Waals surface area contributed by atoms with E-state index in [0.29, 0.717) is 16.0 Å². The van der Waals surface area contributed by atoms with Crippen LogP contribution in [0.25, 0.3) is 0 Å². The van der Waals surface area contributed by atoms with E-state index in [2.05, 4.69) is 36.0 Å². The van der Waals surface area contributed by atoms with E-state index in [9.17, 15) is 9.59 Å². The molecule has 9 nitrogen and oxygen atoms in total. The van der Waals surface area contributed by atoms with Crippen molar-refractivity contribution in [3.63, 3.8) is 0 Å². The third-order valence-corrected chi connectivity index (χ3v) is 6.85. The number of anilines is 2. The fourth-order valence-electron chi connectivity index (χ4n) is 3.52. The van der Waals surface area contributed by atoms with Gasteiger partial charge in [-0.05, 0) is 31.4 Å². The normalized spacial score (nSPS) is 18.7. The molecular formula is C19H21N7O2S2. The summed E-state index contributed by atoms with van der Waals surface area (Å²) < 4.78 is 0. The van der Waals surface area contributed by atoms with Crippen molar-refractivity contribution in [1.82, 2.24) is 25.4 Å². The van der Waals surface area contributed by atoms with Gasteiger partial charge < -0.3 is 10.6 Å². The Hall–Kier alpha value is -2.79. The second kappa shape index (κ2) is 9.35. The van der Waals surface area contributed by atoms with Crippen molar-refractivity contribution in [1.29, 1.82) is 0 Å². The van der Waals surface area contributed by atoms with E-state index in [1.54, 1.807) is 6.20 Å². The highest BCUT2D eigenvalue weighted by Crippen LogP contribution is 2.43. The van der Waals surface area contributed by atoms with Gasteiger partial charge in [0, 0.05) is 30.7 Å². The van der Waals surface area contributed by atoms with Gasteiger partial charge in [0.2, 0.25) is 22.1 Å². The van der Waals surface area contributed by atoms with Crippen LogP contribution in [-0.4, -0.2) is 37.2 Å². The van der Waals surface area contributed by atoms with Crippen molar-refractivity contribution < 1.29 is 9.59 Å². The first kappa shape index (κ1) is 20.5. The number of carbonyl (C=O) groups excluding carboxylic acids is 2. The molecular weight excluding hydrogens is 422 g/mol. The molecule has 1 aliphatic rings. The Morgan fingerprint density at radius 3 is 2.27 bits per heavy atom. The highest BCUT2D eigenvalue weighted by atomic mass is 32.1. The summed E-state index contributed by atoms with van der Waals surface area (Å²) in [5.41, 5.74) is 0.713. The first-order valence-corrected chi connectivity index (χ1v) is 11.3. The number of nitrogens with one attached hydrogen (secondary N) is 2. The van der Waals surface area contributed by atoms with Crippen LogP contribution in [0.5, 0.6) is 0 Å². The quantitative estimate of drug-likeness (QED) is 0.599. The lowest BCUT2D eigenvalue weighted by atomic mass is 9.82. The van der Waals surface area contributed by atoms with Crippen molar-refractivity contribution in [2.45, 2.75) is 50.9 Å². The van der Waals surface area contributed by atoms with Gasteiger partial charge in [-0.2, -0.15) is 0 Å². The summed E-state index contributed by atoms with van der Waals surface area (Å²) in [7, 11) is 0. The lowest BCUT2D eigenvalue weighted by Crippen LogP contribution is -2.14. The molecule has 1 aliphatic carbocycles. The van der Waals surface area contributed by atoms with E-state index in [1.807, 2.05) is 18.2 Å². The largest absolute Gasteiger partial charge is 0.301 e. The van der Waals surface area contributed by atoms with Crippen LogP contribution in [0.3, 0.4) is 0 Å². The average molecular weight is 444 g/mol. The predicted octanol–water partition coefficient (Wildman–Crippen LogP) is 3.37. The van der Waals surface area contributed by atoms with E-state index in [4.69, 9.17) is 0 Å². The Morgan fingerprint density at radius 2 is 1.67 bits per heavy atom. The maximum Gasteiger partial charge on any atom is 0.232 e. The minimum absolute atomic E-state index is 0.147. The van der Waals surface area contributed by atoms with Crippen LogP contribution in [0.2, 0.25) is 0 Å². The summed E-state index contributed by atoms with van der Waals surface area (Å²) in [6.07, 6.45) is 5.91. The smallest absolute Gasteiger partial charge is 0.232 e. The standard InChI is InChI=1S/C19H21N7O2S2/c1-11(27)21-18-25-23-16(29-18)12-5-4-6-13(9-12)17-24-26-19(30-17)22-15(28)10-14-7-2-3-8-20-14/h2-3,7-8,12-13H,4-6,9-10H2,1H3,(H,21,25,27)(H,22,26,28). The Balaban J connectivity index is 1.36. The van der Waals surface area contributed by atoms with Crippen LogP contribution < -0.4 is 10.6 Å². The number of hydrogen-bond donors (Lipinski definition) is 2. The molecule has 30 heavy (non-hydrogen) atoms. The van der Waals surface area contributed by atoms with Crippen LogP contribution in [0, 0.1) is 0 Å². The fourth-order valence-corrected chi connectivity index (χ4v) is 5.36. The molecule has 0 radical (unpaired) electrons. The van der Waals surface area contributed by atoms with Gasteiger partial charge in [0.15, 0.2) is 0 Å². The van der Waals surface area contributed by atoms with Gasteiger partial charge in [-0.25, -0.2) is 0 Å². The molecule has 1 fully saturated rings. The number of aromatic nitrogens is 5. The first-order valence-electron chi connectivity index (χ1n) is 9.71. The van der Waals surface area contributed by atoms with Gasteiger partial charge in [-0.15, -0.1) is 20.4 Å². The number of amides is 2. The number of carbonyl (C=O) groups is 2. The minimum Gasteiger partial charge on any atom is -0.301 e. The molecule has 0 saturated heterocycles. The molecule has 1 saturated carbocycles. The molecule has 0 aliphatic heterocycles. The van der Waals surface area contributed by atoms with Crippen molar-refractivity contribution in [2.75, 3.05) is 10.6 Å². The molecule has 0 spiro atoms. The maximum absolute atomic E-state index is 12.2. The molecule has 3 aromatic heterocycles. The monoisotopic (exact) mass is 443 g/mol. The van der Waals surface area contributed by atoms with Gasteiger partial charge in [0.1, 0.15) is 10.0 Å². The second-order valence-corrected chi connectivity index (χ2v) is 9.20. The fraction of sp³-hybridized carbons (Fsp3) is 0.421. The number of rotatable bonds is 6. The van der Waals surface area contributed by atoms with Crippen LogP contribution in [0.4, 0.5) is 10.3 Å². The van der Waals surface area contributed by atoms with Gasteiger partial charge in [-0.3, -0.25) is 14.6 Å². The zero-order valence-electron chi connectivity index (χ0n) is 16.4. The average Bonchev–Trinajstić information content (AvgIpc) is 3.38. The van der Waals surface area contributed by atoms with Gasteiger partial charge >= 0.3 is 0 Å². The van der Waals surface area contributed by atoms with E-state index < -0.39 is 0 Å². The summed E-state index contributed by atoms with van der Waals surface area (Å²) in [5, 5.41) is 25.2. The predicted molar refractivity (Wildman–Crippen MR) is 115 cm³/mol. The summed E-state index contributed by atoms with van der Waals surface area (Å²) in [6.45, 7) is 1.46. The van der Waals surface area contributed by atoms with Crippen molar-refractivity contribution in [3.8, 4) is 0 Å². The summed E-state index contributed by atoms with van der Waals surface area (Å²) in [4.78, 5) is 27.6. The second-order valence-electron chi connectivity index (χ2n) is 7.18. The van der Waals surface area contributed by atoms with Crippen LogP contribution in [0.1, 0.15) is 60.2 Å². The molecule has 11 heteroatoms. The number of hydrogen-bond acceptors (Lipinski definition) is 9. The van der Waals surface area contributed by atoms with E-state index in [-0.39, 0.29) is 30.1 Å². The summed E-state index contributed by atoms with van der Waals surface area (Å²) in [6, 6.07) is 5.49. The first-order chi connectivity index (χ1) is 14.6. The number of pyridine rings is 1. The molecule has 2 amide bonds. The maximum atomic E-state index is 12.2. The molecule has 2 N–H and O–H groups in total. The van der Waals surface area contributed by atoms with Gasteiger partial charge in [0.05, 0.1) is 6.42 Å². The van der Waals surface area contributed by atoms with Crippen molar-refractivity contribution >= 4 is 44.8 Å². The molecule has 156 valence electrons. The van der Waals surface area contributed by atoms with Crippen LogP contribution >= 0.6 is 22.7 Å². The Kier molecular flexibility index (Phi) is 6.38. The SMILES string of the molecule is CC(=O)Nc1nnc(C2CCCC(c3nnc(NC(=O)Cc4ccccn4)s3)C2)s1. The minimum atomic E-state index is -0.155. The lowest BCUT2D eigenvalue weighted by molar-refractivity contribution is -0.116. The van der Waals surface area contributed by atoms with E-state index in [1.165, 1.54) is 29.6 Å². The highest BCUT2D eigenvalue weighted by molar-refractivity contribution is 7.15. The molecule has 2 unspecified atom stereocenters. The zero-order chi connectivity index (χ0) is 20.9. The Morgan fingerprint density at radius 1 is 1.00 bits per heavy atom. The molecule has 0 aromatic carbocycles. The van der Waals surface area contributed by atoms with Crippen LogP contribution in [-0.2, 0) is 16.0 Å². The van der Waals surface area contributed by atoms with Gasteiger partial charge in [-0.1, -0.05) is 35.2 Å². The molecule has 4 rings (SSSR count). The third kappa shape index (κ3) is 5.22. The topological polar surface area (TPSA) is 123 Å². The molecule has 3 heterocycles. The van der Waals surface area contributed by atoms with E-state index >= 15 is 0 Å². The van der Waals surface area contributed by atoms with Crippen LogP contribution in [0.15, 0.2) is 24.4 Å².